The van der Waals surface area contributed by atoms with Crippen LogP contribution in [-0.4, -0.2) is 29.1 Å². The number of benzene rings is 1. The first-order valence-electron chi connectivity index (χ1n) is 7.24. The van der Waals surface area contributed by atoms with Crippen LogP contribution in [0.2, 0.25) is 0 Å². The Morgan fingerprint density at radius 3 is 3.00 bits per heavy atom. The molecule has 0 radical (unpaired) electrons. The third-order valence-electron chi connectivity index (χ3n) is 4.00. The highest BCUT2D eigenvalue weighted by Crippen LogP contribution is 2.22. The monoisotopic (exact) mass is 279 g/mol. The lowest BCUT2D eigenvalue weighted by Crippen LogP contribution is -2.35. The van der Waals surface area contributed by atoms with Gasteiger partial charge in [0, 0.05) is 19.5 Å². The zero-order valence-electron chi connectivity index (χ0n) is 11.9. The molecule has 1 saturated heterocycles. The first kappa shape index (κ1) is 15.0. The molecular weight excluding hydrogens is 257 g/mol. The maximum absolute atomic E-state index is 13.2. The van der Waals surface area contributed by atoms with Crippen molar-refractivity contribution < 1.29 is 14.3 Å². The van der Waals surface area contributed by atoms with E-state index in [1.54, 1.807) is 6.92 Å². The molecule has 1 aromatic carbocycles. The largest absolute Gasteiger partial charge is 0.481 e. The fourth-order valence-electron chi connectivity index (χ4n) is 2.92. The lowest BCUT2D eigenvalue weighted by molar-refractivity contribution is -0.137. The Labute approximate surface area is 119 Å². The van der Waals surface area contributed by atoms with Crippen molar-refractivity contribution in [1.29, 1.82) is 0 Å². The van der Waals surface area contributed by atoms with Gasteiger partial charge in [0.1, 0.15) is 5.82 Å². The van der Waals surface area contributed by atoms with E-state index in [1.165, 1.54) is 6.07 Å². The van der Waals surface area contributed by atoms with Gasteiger partial charge in [-0.05, 0) is 55.8 Å². The van der Waals surface area contributed by atoms with Crippen molar-refractivity contribution >= 4 is 5.97 Å². The van der Waals surface area contributed by atoms with Gasteiger partial charge in [-0.15, -0.1) is 0 Å². The Morgan fingerprint density at radius 2 is 2.30 bits per heavy atom. The van der Waals surface area contributed by atoms with Gasteiger partial charge in [-0.3, -0.25) is 9.69 Å². The van der Waals surface area contributed by atoms with E-state index in [2.05, 4.69) is 4.90 Å². The molecule has 1 aliphatic rings. The molecule has 1 aromatic rings. The van der Waals surface area contributed by atoms with Crippen LogP contribution in [0.4, 0.5) is 4.39 Å². The first-order chi connectivity index (χ1) is 9.54. The van der Waals surface area contributed by atoms with Crippen molar-refractivity contribution in [3.63, 3.8) is 0 Å². The summed E-state index contributed by atoms with van der Waals surface area (Å²) in [6.07, 6.45) is 3.25. The van der Waals surface area contributed by atoms with E-state index < -0.39 is 5.97 Å². The fraction of sp³-hybridized carbons (Fsp3) is 0.562. The predicted molar refractivity (Wildman–Crippen MR) is 76.0 cm³/mol. The summed E-state index contributed by atoms with van der Waals surface area (Å²) in [7, 11) is 0. The van der Waals surface area contributed by atoms with Gasteiger partial charge < -0.3 is 5.11 Å². The Hall–Kier alpha value is -1.42. The molecule has 4 heteroatoms. The van der Waals surface area contributed by atoms with Gasteiger partial charge in [0.05, 0.1) is 0 Å². The molecule has 1 fully saturated rings. The van der Waals surface area contributed by atoms with Crippen LogP contribution in [0.15, 0.2) is 18.2 Å². The van der Waals surface area contributed by atoms with E-state index in [4.69, 9.17) is 5.11 Å². The molecule has 0 amide bonds. The minimum atomic E-state index is -0.712. The minimum Gasteiger partial charge on any atom is -0.481 e. The number of carboxylic acid groups (broad SMARTS) is 1. The maximum atomic E-state index is 13.2. The second kappa shape index (κ2) is 6.84. The quantitative estimate of drug-likeness (QED) is 0.899. The molecule has 0 spiro atoms. The smallest absolute Gasteiger partial charge is 0.303 e. The van der Waals surface area contributed by atoms with Crippen LogP contribution < -0.4 is 0 Å². The van der Waals surface area contributed by atoms with Gasteiger partial charge >= 0.3 is 5.97 Å². The summed E-state index contributed by atoms with van der Waals surface area (Å²) in [6, 6.07) is 5.26. The molecule has 3 nitrogen and oxygen atoms in total. The molecule has 0 bridgehead atoms. The number of likely N-dealkylation sites (tertiary alicyclic amines) is 1. The number of hydrogen-bond donors (Lipinski definition) is 1. The fourth-order valence-corrected chi connectivity index (χ4v) is 2.92. The van der Waals surface area contributed by atoms with Crippen LogP contribution in [0.25, 0.3) is 0 Å². The van der Waals surface area contributed by atoms with Gasteiger partial charge in [-0.25, -0.2) is 4.39 Å². The van der Waals surface area contributed by atoms with Crippen molar-refractivity contribution in [2.75, 3.05) is 13.1 Å². The highest BCUT2D eigenvalue weighted by atomic mass is 19.1. The average molecular weight is 279 g/mol. The van der Waals surface area contributed by atoms with E-state index in [0.29, 0.717) is 11.5 Å². The molecule has 0 aromatic heterocycles. The molecule has 1 heterocycles. The van der Waals surface area contributed by atoms with Crippen LogP contribution in [0, 0.1) is 18.7 Å². The van der Waals surface area contributed by atoms with Gasteiger partial charge in [0.2, 0.25) is 0 Å². The van der Waals surface area contributed by atoms with E-state index in [0.717, 1.165) is 44.5 Å². The SMILES string of the molecule is Cc1cc(CN2CCCC(CCC(=O)O)C2)ccc1F. The lowest BCUT2D eigenvalue weighted by atomic mass is 9.93. The number of aryl methyl sites for hydroxylation is 1. The van der Waals surface area contributed by atoms with Crippen molar-refractivity contribution in [2.24, 2.45) is 5.92 Å². The van der Waals surface area contributed by atoms with Crippen LogP contribution in [0.3, 0.4) is 0 Å². The second-order valence-corrected chi connectivity index (χ2v) is 5.76. The van der Waals surface area contributed by atoms with Crippen molar-refractivity contribution in [3.05, 3.63) is 35.1 Å². The molecule has 110 valence electrons. The Balaban J connectivity index is 1.88. The summed E-state index contributed by atoms with van der Waals surface area (Å²) in [6.45, 7) is 4.60. The van der Waals surface area contributed by atoms with E-state index >= 15 is 0 Å². The zero-order valence-corrected chi connectivity index (χ0v) is 11.9. The molecule has 1 atom stereocenters. The number of rotatable bonds is 5. The molecule has 0 aliphatic carbocycles. The number of piperidine rings is 1. The number of halogens is 1. The van der Waals surface area contributed by atoms with Crippen LogP contribution in [-0.2, 0) is 11.3 Å². The Morgan fingerprint density at radius 1 is 1.50 bits per heavy atom. The highest BCUT2D eigenvalue weighted by Gasteiger charge is 2.20. The number of carboxylic acids is 1. The van der Waals surface area contributed by atoms with Gasteiger partial charge in [0.15, 0.2) is 0 Å². The number of aliphatic carboxylic acids is 1. The predicted octanol–water partition coefficient (Wildman–Crippen LogP) is 3.21. The highest BCUT2D eigenvalue weighted by molar-refractivity contribution is 5.66. The van der Waals surface area contributed by atoms with Crippen molar-refractivity contribution in [1.82, 2.24) is 4.90 Å². The number of nitrogens with zero attached hydrogens (tertiary/aromatic N) is 1. The molecule has 20 heavy (non-hydrogen) atoms. The van der Waals surface area contributed by atoms with Gasteiger partial charge in [-0.1, -0.05) is 12.1 Å². The molecule has 2 rings (SSSR count). The summed E-state index contributed by atoms with van der Waals surface area (Å²) in [5.74, 6) is -0.399. The van der Waals surface area contributed by atoms with Crippen molar-refractivity contribution in [3.8, 4) is 0 Å². The molecule has 1 N–H and O–H groups in total. The van der Waals surface area contributed by atoms with Crippen molar-refractivity contribution in [2.45, 2.75) is 39.2 Å². The van der Waals surface area contributed by atoms with E-state index in [9.17, 15) is 9.18 Å². The summed E-state index contributed by atoms with van der Waals surface area (Å²) in [4.78, 5) is 13.0. The summed E-state index contributed by atoms with van der Waals surface area (Å²) in [5, 5.41) is 8.75. The maximum Gasteiger partial charge on any atom is 0.303 e. The minimum absolute atomic E-state index is 0.160. The third kappa shape index (κ3) is 4.30. The molecule has 1 unspecified atom stereocenters. The van der Waals surface area contributed by atoms with Gasteiger partial charge in [0.25, 0.3) is 0 Å². The Bertz CT molecular complexity index is 476. The van der Waals surface area contributed by atoms with Crippen LogP contribution in [0.5, 0.6) is 0 Å². The van der Waals surface area contributed by atoms with E-state index in [1.807, 2.05) is 12.1 Å². The van der Waals surface area contributed by atoms with E-state index in [-0.39, 0.29) is 12.2 Å². The second-order valence-electron chi connectivity index (χ2n) is 5.76. The topological polar surface area (TPSA) is 40.5 Å². The van der Waals surface area contributed by atoms with Crippen LogP contribution >= 0.6 is 0 Å². The molecule has 0 saturated carbocycles. The third-order valence-corrected chi connectivity index (χ3v) is 4.00. The average Bonchev–Trinajstić information content (AvgIpc) is 2.41. The van der Waals surface area contributed by atoms with Crippen LogP contribution in [0.1, 0.15) is 36.8 Å². The lowest BCUT2D eigenvalue weighted by Gasteiger charge is -2.32. The first-order valence-corrected chi connectivity index (χ1v) is 7.24. The zero-order chi connectivity index (χ0) is 14.5. The Kier molecular flexibility index (Phi) is 5.12. The van der Waals surface area contributed by atoms with Gasteiger partial charge in [-0.2, -0.15) is 0 Å². The normalized spacial score (nSPS) is 20.0. The number of carbonyl (C=O) groups is 1. The molecule has 1 aliphatic heterocycles. The number of hydrogen-bond acceptors (Lipinski definition) is 2. The standard InChI is InChI=1S/C16H22FNO2/c1-12-9-14(4-6-15(12)17)11-18-8-2-3-13(10-18)5-7-16(19)20/h4,6,9,13H,2-3,5,7-8,10-11H2,1H3,(H,19,20). The molecular formula is C16H22FNO2. The summed E-state index contributed by atoms with van der Waals surface area (Å²) < 4.78 is 13.2. The summed E-state index contributed by atoms with van der Waals surface area (Å²) in [5.41, 5.74) is 1.81. The summed E-state index contributed by atoms with van der Waals surface area (Å²) >= 11 is 0.